The van der Waals surface area contributed by atoms with Crippen LogP contribution in [0.1, 0.15) is 6.92 Å². The van der Waals surface area contributed by atoms with E-state index in [2.05, 4.69) is 22.2 Å². The summed E-state index contributed by atoms with van der Waals surface area (Å²) in [7, 11) is 1.70. The van der Waals surface area contributed by atoms with Crippen LogP contribution < -0.4 is 15.4 Å². The van der Waals surface area contributed by atoms with E-state index in [0.717, 1.165) is 0 Å². The molecule has 104 valence electrons. The van der Waals surface area contributed by atoms with Crippen LogP contribution in [0.4, 0.5) is 4.39 Å². The normalized spacial score (nSPS) is 12.7. The molecular weight excluding hydrogens is 245 g/mol. The van der Waals surface area contributed by atoms with Crippen molar-refractivity contribution in [1.29, 1.82) is 0 Å². The number of hydrogen-bond acceptors (Lipinski definition) is 2. The topological polar surface area (TPSA) is 45.7 Å². The summed E-state index contributed by atoms with van der Waals surface area (Å²) in [5.41, 5.74) is 0. The first-order valence-corrected chi connectivity index (χ1v) is 6.13. The lowest BCUT2D eigenvalue weighted by molar-refractivity contribution is 0.223. The molecule has 1 unspecified atom stereocenters. The standard InChI is InChI=1S/C14H20FN3O/c1-4-9-17-14(16-3)18-10-11(2)19-13-7-5-12(15)6-8-13/h4-8,11H,1,9-10H2,2-3H3,(H2,16,17,18). The summed E-state index contributed by atoms with van der Waals surface area (Å²) in [6, 6.07) is 5.97. The van der Waals surface area contributed by atoms with Crippen molar-refractivity contribution in [3.8, 4) is 5.75 Å². The third kappa shape index (κ3) is 5.90. The molecule has 0 saturated heterocycles. The number of nitrogens with zero attached hydrogens (tertiary/aromatic N) is 1. The Kier molecular flexibility index (Phi) is 6.43. The predicted molar refractivity (Wildman–Crippen MR) is 76.1 cm³/mol. The van der Waals surface area contributed by atoms with Gasteiger partial charge in [0.1, 0.15) is 17.7 Å². The van der Waals surface area contributed by atoms with Gasteiger partial charge < -0.3 is 15.4 Å². The van der Waals surface area contributed by atoms with E-state index in [1.807, 2.05) is 6.92 Å². The molecular formula is C14H20FN3O. The third-order valence-electron chi connectivity index (χ3n) is 2.35. The highest BCUT2D eigenvalue weighted by Gasteiger charge is 2.05. The Morgan fingerprint density at radius 2 is 2.11 bits per heavy atom. The van der Waals surface area contributed by atoms with E-state index in [1.54, 1.807) is 25.3 Å². The molecule has 0 aliphatic heterocycles. The van der Waals surface area contributed by atoms with Crippen molar-refractivity contribution in [3.63, 3.8) is 0 Å². The Balaban J connectivity index is 2.36. The van der Waals surface area contributed by atoms with Gasteiger partial charge in [0.15, 0.2) is 5.96 Å². The average Bonchev–Trinajstić information content (AvgIpc) is 2.42. The molecule has 1 atom stereocenters. The summed E-state index contributed by atoms with van der Waals surface area (Å²) in [6.45, 7) is 6.79. The summed E-state index contributed by atoms with van der Waals surface area (Å²) in [5, 5.41) is 6.19. The Labute approximate surface area is 113 Å². The van der Waals surface area contributed by atoms with Crippen molar-refractivity contribution >= 4 is 5.96 Å². The monoisotopic (exact) mass is 265 g/mol. The predicted octanol–water partition coefficient (Wildman–Crippen LogP) is 1.94. The number of benzene rings is 1. The van der Waals surface area contributed by atoms with Gasteiger partial charge in [-0.3, -0.25) is 4.99 Å². The van der Waals surface area contributed by atoms with Crippen molar-refractivity contribution in [3.05, 3.63) is 42.7 Å². The van der Waals surface area contributed by atoms with E-state index < -0.39 is 0 Å². The zero-order valence-corrected chi connectivity index (χ0v) is 11.3. The van der Waals surface area contributed by atoms with Crippen LogP contribution in [0.15, 0.2) is 41.9 Å². The van der Waals surface area contributed by atoms with E-state index in [0.29, 0.717) is 24.8 Å². The highest BCUT2D eigenvalue weighted by atomic mass is 19.1. The molecule has 5 heteroatoms. The van der Waals surface area contributed by atoms with Gasteiger partial charge in [-0.05, 0) is 31.2 Å². The number of rotatable bonds is 6. The second-order valence-corrected chi connectivity index (χ2v) is 4.01. The molecule has 19 heavy (non-hydrogen) atoms. The number of nitrogens with one attached hydrogen (secondary N) is 2. The van der Waals surface area contributed by atoms with Crippen LogP contribution in [0.5, 0.6) is 5.75 Å². The van der Waals surface area contributed by atoms with Crippen LogP contribution in [0.2, 0.25) is 0 Å². The molecule has 0 bridgehead atoms. The van der Waals surface area contributed by atoms with Crippen LogP contribution in [-0.4, -0.2) is 32.2 Å². The van der Waals surface area contributed by atoms with Crippen molar-refractivity contribution in [2.75, 3.05) is 20.1 Å². The first-order valence-electron chi connectivity index (χ1n) is 6.13. The summed E-state index contributed by atoms with van der Waals surface area (Å²) >= 11 is 0. The smallest absolute Gasteiger partial charge is 0.191 e. The van der Waals surface area contributed by atoms with Crippen molar-refractivity contribution in [2.24, 2.45) is 4.99 Å². The zero-order chi connectivity index (χ0) is 14.1. The highest BCUT2D eigenvalue weighted by molar-refractivity contribution is 5.79. The lowest BCUT2D eigenvalue weighted by Gasteiger charge is -2.17. The molecule has 0 spiro atoms. The fourth-order valence-corrected chi connectivity index (χ4v) is 1.42. The van der Waals surface area contributed by atoms with Gasteiger partial charge in [-0.2, -0.15) is 0 Å². The minimum absolute atomic E-state index is 0.0623. The van der Waals surface area contributed by atoms with Crippen LogP contribution in [-0.2, 0) is 0 Å². The lowest BCUT2D eigenvalue weighted by atomic mass is 10.3. The van der Waals surface area contributed by atoms with E-state index >= 15 is 0 Å². The molecule has 0 saturated carbocycles. The zero-order valence-electron chi connectivity index (χ0n) is 11.3. The van der Waals surface area contributed by atoms with Crippen LogP contribution in [0.25, 0.3) is 0 Å². The first kappa shape index (κ1) is 15.0. The van der Waals surface area contributed by atoms with E-state index in [4.69, 9.17) is 4.74 Å². The molecule has 4 nitrogen and oxygen atoms in total. The molecule has 0 aliphatic carbocycles. The fourth-order valence-electron chi connectivity index (χ4n) is 1.42. The van der Waals surface area contributed by atoms with Crippen LogP contribution >= 0.6 is 0 Å². The number of hydrogen-bond donors (Lipinski definition) is 2. The maximum atomic E-state index is 12.7. The summed E-state index contributed by atoms with van der Waals surface area (Å²) in [4.78, 5) is 4.06. The van der Waals surface area contributed by atoms with Crippen molar-refractivity contribution < 1.29 is 9.13 Å². The first-order chi connectivity index (χ1) is 9.15. The largest absolute Gasteiger partial charge is 0.489 e. The van der Waals surface area contributed by atoms with Gasteiger partial charge in [-0.25, -0.2) is 4.39 Å². The Morgan fingerprint density at radius 1 is 1.42 bits per heavy atom. The maximum Gasteiger partial charge on any atom is 0.191 e. The highest BCUT2D eigenvalue weighted by Crippen LogP contribution is 2.12. The number of aliphatic imine (C=N–C) groups is 1. The summed E-state index contributed by atoms with van der Waals surface area (Å²) in [5.74, 6) is 1.06. The SMILES string of the molecule is C=CCNC(=NC)NCC(C)Oc1ccc(F)cc1. The molecule has 1 aromatic rings. The second kappa shape index (κ2) is 8.13. The minimum Gasteiger partial charge on any atom is -0.489 e. The van der Waals surface area contributed by atoms with Crippen molar-refractivity contribution in [1.82, 2.24) is 10.6 Å². The number of halogens is 1. The molecule has 1 aromatic carbocycles. The van der Waals surface area contributed by atoms with Crippen LogP contribution in [0.3, 0.4) is 0 Å². The molecule has 2 N–H and O–H groups in total. The Bertz CT molecular complexity index is 417. The van der Waals surface area contributed by atoms with E-state index in [9.17, 15) is 4.39 Å². The van der Waals surface area contributed by atoms with Gasteiger partial charge in [0.05, 0.1) is 6.54 Å². The van der Waals surface area contributed by atoms with Gasteiger partial charge in [0, 0.05) is 13.6 Å². The molecule has 0 heterocycles. The summed E-state index contributed by atoms with van der Waals surface area (Å²) < 4.78 is 18.4. The lowest BCUT2D eigenvalue weighted by Crippen LogP contribution is -2.41. The van der Waals surface area contributed by atoms with Crippen LogP contribution in [0, 0.1) is 5.82 Å². The van der Waals surface area contributed by atoms with Crippen molar-refractivity contribution in [2.45, 2.75) is 13.0 Å². The fraction of sp³-hybridized carbons (Fsp3) is 0.357. The van der Waals surface area contributed by atoms with Gasteiger partial charge in [-0.15, -0.1) is 6.58 Å². The summed E-state index contributed by atoms with van der Waals surface area (Å²) in [6.07, 6.45) is 1.69. The van der Waals surface area contributed by atoms with Gasteiger partial charge >= 0.3 is 0 Å². The third-order valence-corrected chi connectivity index (χ3v) is 2.35. The molecule has 0 amide bonds. The molecule has 1 rings (SSSR count). The number of ether oxygens (including phenoxy) is 1. The second-order valence-electron chi connectivity index (χ2n) is 4.01. The average molecular weight is 265 g/mol. The molecule has 0 radical (unpaired) electrons. The van der Waals surface area contributed by atoms with Gasteiger partial charge in [0.2, 0.25) is 0 Å². The Morgan fingerprint density at radius 3 is 2.68 bits per heavy atom. The Hall–Kier alpha value is -2.04. The number of guanidine groups is 1. The maximum absolute atomic E-state index is 12.7. The minimum atomic E-state index is -0.271. The quantitative estimate of drug-likeness (QED) is 0.469. The molecule has 0 aromatic heterocycles. The van der Waals surface area contributed by atoms with Gasteiger partial charge in [-0.1, -0.05) is 6.08 Å². The van der Waals surface area contributed by atoms with Gasteiger partial charge in [0.25, 0.3) is 0 Å². The van der Waals surface area contributed by atoms with E-state index in [-0.39, 0.29) is 11.9 Å². The molecule has 0 aliphatic rings. The molecule has 0 fully saturated rings. The van der Waals surface area contributed by atoms with E-state index in [1.165, 1.54) is 12.1 Å².